The zero-order valence-electron chi connectivity index (χ0n) is 18.9. The second kappa shape index (κ2) is 9.44. The van der Waals surface area contributed by atoms with Gasteiger partial charge in [0.05, 0.1) is 23.4 Å². The Bertz CT molecular complexity index is 1230. The van der Waals surface area contributed by atoms with E-state index in [4.69, 9.17) is 4.74 Å². The maximum Gasteiger partial charge on any atom is 0.261 e. The highest BCUT2D eigenvalue weighted by Crippen LogP contribution is 2.32. The lowest BCUT2D eigenvalue weighted by Crippen LogP contribution is -2.17. The van der Waals surface area contributed by atoms with Crippen molar-refractivity contribution < 1.29 is 17.9 Å². The lowest BCUT2D eigenvalue weighted by molar-refractivity contribution is 0.102. The average molecular weight is 453 g/mol. The van der Waals surface area contributed by atoms with Gasteiger partial charge < -0.3 is 10.1 Å². The number of nitrogens with one attached hydrogen (secondary N) is 2. The van der Waals surface area contributed by atoms with E-state index in [9.17, 15) is 13.2 Å². The summed E-state index contributed by atoms with van der Waals surface area (Å²) < 4.78 is 34.5. The highest BCUT2D eigenvalue weighted by atomic mass is 32.2. The number of carbonyl (C=O) groups is 1. The number of aryl methyl sites for hydroxylation is 2. The molecule has 0 aliphatic heterocycles. The third-order valence-corrected chi connectivity index (χ3v) is 6.55. The molecule has 0 bridgehead atoms. The molecule has 0 saturated carbocycles. The zero-order valence-corrected chi connectivity index (χ0v) is 19.7. The molecule has 0 heterocycles. The Morgan fingerprint density at radius 1 is 0.969 bits per heavy atom. The minimum atomic E-state index is -3.90. The maximum absolute atomic E-state index is 13.2. The molecule has 0 aromatic heterocycles. The predicted molar refractivity (Wildman–Crippen MR) is 128 cm³/mol. The summed E-state index contributed by atoms with van der Waals surface area (Å²) in [6.45, 7) is 7.83. The van der Waals surface area contributed by atoms with Crippen LogP contribution in [0, 0.1) is 13.8 Å². The molecule has 3 aromatic carbocycles. The number of para-hydroxylation sites is 1. The molecule has 0 radical (unpaired) electrons. The van der Waals surface area contributed by atoms with Crippen molar-refractivity contribution in [3.8, 4) is 5.75 Å². The van der Waals surface area contributed by atoms with Crippen molar-refractivity contribution >= 4 is 27.3 Å². The smallest absolute Gasteiger partial charge is 0.261 e. The van der Waals surface area contributed by atoms with E-state index in [0.717, 1.165) is 16.7 Å². The first-order chi connectivity index (χ1) is 15.1. The molecule has 0 fully saturated rings. The quantitative estimate of drug-likeness (QED) is 0.497. The maximum atomic E-state index is 13.2. The van der Waals surface area contributed by atoms with Crippen LogP contribution in [-0.4, -0.2) is 21.4 Å². The van der Waals surface area contributed by atoms with Crippen LogP contribution in [0.1, 0.15) is 46.8 Å². The number of carbonyl (C=O) groups excluding carboxylic acids is 1. The lowest BCUT2D eigenvalue weighted by Gasteiger charge is -2.18. The van der Waals surface area contributed by atoms with E-state index >= 15 is 0 Å². The van der Waals surface area contributed by atoms with Gasteiger partial charge in [-0.2, -0.15) is 0 Å². The van der Waals surface area contributed by atoms with Gasteiger partial charge in [0.2, 0.25) is 0 Å². The Balaban J connectivity index is 1.95. The fourth-order valence-electron chi connectivity index (χ4n) is 3.36. The third kappa shape index (κ3) is 5.11. The van der Waals surface area contributed by atoms with E-state index in [1.807, 2.05) is 58.0 Å². The van der Waals surface area contributed by atoms with Crippen molar-refractivity contribution in [2.24, 2.45) is 0 Å². The van der Waals surface area contributed by atoms with Crippen molar-refractivity contribution in [3.63, 3.8) is 0 Å². The molecule has 3 aromatic rings. The third-order valence-electron chi connectivity index (χ3n) is 5.21. The molecule has 0 unspecified atom stereocenters. The van der Waals surface area contributed by atoms with Crippen LogP contribution < -0.4 is 14.8 Å². The van der Waals surface area contributed by atoms with Gasteiger partial charge in [0.1, 0.15) is 5.75 Å². The van der Waals surface area contributed by atoms with Crippen LogP contribution in [0.5, 0.6) is 5.75 Å². The first-order valence-electron chi connectivity index (χ1n) is 10.3. The van der Waals surface area contributed by atoms with E-state index in [2.05, 4.69) is 10.0 Å². The number of hydrogen-bond donors (Lipinski definition) is 2. The summed E-state index contributed by atoms with van der Waals surface area (Å²) in [5.74, 6) is 0.155. The standard InChI is InChI=1S/C25H28N2O4S/c1-16(2)21-8-6-7-18(4)24(21)27-32(29,30)20-13-14-23(31-5)22(15-20)26-25(28)19-11-9-17(3)10-12-19/h6-16,27H,1-5H3,(H,26,28). The normalized spacial score (nSPS) is 11.3. The van der Waals surface area contributed by atoms with Crippen LogP contribution in [0.4, 0.5) is 11.4 Å². The first kappa shape index (κ1) is 23.3. The van der Waals surface area contributed by atoms with Crippen LogP contribution in [0.2, 0.25) is 0 Å². The summed E-state index contributed by atoms with van der Waals surface area (Å²) in [5, 5.41) is 2.76. The van der Waals surface area contributed by atoms with Crippen molar-refractivity contribution in [1.29, 1.82) is 0 Å². The first-order valence-corrected chi connectivity index (χ1v) is 11.8. The second-order valence-corrected chi connectivity index (χ2v) is 9.66. The van der Waals surface area contributed by atoms with Crippen molar-refractivity contribution in [1.82, 2.24) is 0 Å². The van der Waals surface area contributed by atoms with Crippen LogP contribution in [0.15, 0.2) is 65.6 Å². The molecule has 0 atom stereocenters. The number of rotatable bonds is 7. The number of sulfonamides is 1. The summed E-state index contributed by atoms with van der Waals surface area (Å²) in [6, 6.07) is 17.2. The molecule has 3 rings (SSSR count). The summed E-state index contributed by atoms with van der Waals surface area (Å²) in [4.78, 5) is 12.7. The average Bonchev–Trinajstić information content (AvgIpc) is 2.75. The number of amides is 1. The topological polar surface area (TPSA) is 84.5 Å². The van der Waals surface area contributed by atoms with Gasteiger partial charge in [0.25, 0.3) is 15.9 Å². The molecule has 0 spiro atoms. The van der Waals surface area contributed by atoms with Gasteiger partial charge in [-0.05, 0) is 61.2 Å². The monoisotopic (exact) mass is 452 g/mol. The van der Waals surface area contributed by atoms with E-state index in [1.54, 1.807) is 12.1 Å². The van der Waals surface area contributed by atoms with Gasteiger partial charge in [0, 0.05) is 5.56 Å². The highest BCUT2D eigenvalue weighted by Gasteiger charge is 2.21. The minimum Gasteiger partial charge on any atom is -0.495 e. The molecule has 2 N–H and O–H groups in total. The Labute approximate surface area is 189 Å². The van der Waals surface area contributed by atoms with Gasteiger partial charge in [-0.1, -0.05) is 49.7 Å². The molecule has 32 heavy (non-hydrogen) atoms. The Kier molecular flexibility index (Phi) is 6.89. The Hall–Kier alpha value is -3.32. The molecule has 0 aliphatic rings. The van der Waals surface area contributed by atoms with Crippen LogP contribution in [-0.2, 0) is 10.0 Å². The number of ether oxygens (including phenoxy) is 1. The SMILES string of the molecule is COc1ccc(S(=O)(=O)Nc2c(C)cccc2C(C)C)cc1NC(=O)c1ccc(C)cc1. The molecule has 1 amide bonds. The number of methoxy groups -OCH3 is 1. The second-order valence-electron chi connectivity index (χ2n) is 7.98. The summed E-state index contributed by atoms with van der Waals surface area (Å²) in [5.41, 5.74) is 4.09. The van der Waals surface area contributed by atoms with Gasteiger partial charge in [-0.25, -0.2) is 8.42 Å². The molecule has 0 saturated heterocycles. The summed E-state index contributed by atoms with van der Waals surface area (Å²) >= 11 is 0. The van der Waals surface area contributed by atoms with Gasteiger partial charge in [-0.15, -0.1) is 0 Å². The predicted octanol–water partition coefficient (Wildman–Crippen LogP) is 5.49. The Morgan fingerprint density at radius 2 is 1.66 bits per heavy atom. The molecule has 0 aliphatic carbocycles. The number of anilines is 2. The van der Waals surface area contributed by atoms with Gasteiger partial charge in [-0.3, -0.25) is 9.52 Å². The summed E-state index contributed by atoms with van der Waals surface area (Å²) in [6.07, 6.45) is 0. The van der Waals surface area contributed by atoms with Gasteiger partial charge >= 0.3 is 0 Å². The molecule has 7 heteroatoms. The van der Waals surface area contributed by atoms with Crippen molar-refractivity contribution in [3.05, 3.63) is 82.9 Å². The fourth-order valence-corrected chi connectivity index (χ4v) is 4.54. The van der Waals surface area contributed by atoms with Crippen molar-refractivity contribution in [2.75, 3.05) is 17.1 Å². The van der Waals surface area contributed by atoms with E-state index < -0.39 is 10.0 Å². The van der Waals surface area contributed by atoms with Crippen LogP contribution in [0.3, 0.4) is 0 Å². The van der Waals surface area contributed by atoms with Gasteiger partial charge in [0.15, 0.2) is 0 Å². The van der Waals surface area contributed by atoms with Crippen LogP contribution in [0.25, 0.3) is 0 Å². The zero-order chi connectivity index (χ0) is 23.5. The molecule has 6 nitrogen and oxygen atoms in total. The van der Waals surface area contributed by atoms with Crippen molar-refractivity contribution in [2.45, 2.75) is 38.5 Å². The Morgan fingerprint density at radius 3 is 2.28 bits per heavy atom. The lowest BCUT2D eigenvalue weighted by atomic mass is 9.99. The highest BCUT2D eigenvalue weighted by molar-refractivity contribution is 7.92. The van der Waals surface area contributed by atoms with Crippen LogP contribution >= 0.6 is 0 Å². The van der Waals surface area contributed by atoms with E-state index in [-0.39, 0.29) is 22.4 Å². The van der Waals surface area contributed by atoms with E-state index in [1.165, 1.54) is 25.3 Å². The molecule has 168 valence electrons. The molecular formula is C25H28N2O4S. The largest absolute Gasteiger partial charge is 0.495 e. The minimum absolute atomic E-state index is 0.0236. The summed E-state index contributed by atoms with van der Waals surface area (Å²) in [7, 11) is -2.44. The number of benzene rings is 3. The molecular weight excluding hydrogens is 424 g/mol. The number of hydrogen-bond acceptors (Lipinski definition) is 4. The fraction of sp³-hybridized carbons (Fsp3) is 0.240. The van der Waals surface area contributed by atoms with E-state index in [0.29, 0.717) is 17.0 Å².